The summed E-state index contributed by atoms with van der Waals surface area (Å²) in [7, 11) is 0. The molecule has 0 radical (unpaired) electrons. The van der Waals surface area contributed by atoms with Crippen LogP contribution in [0.15, 0.2) is 5.38 Å². The zero-order valence-corrected chi connectivity index (χ0v) is 12.8. The van der Waals surface area contributed by atoms with Crippen LogP contribution in [0.1, 0.15) is 31.5 Å². The molecule has 1 aliphatic heterocycles. The highest BCUT2D eigenvalue weighted by atomic mass is 32.1. The van der Waals surface area contributed by atoms with E-state index >= 15 is 0 Å². The van der Waals surface area contributed by atoms with E-state index in [1.807, 2.05) is 0 Å². The van der Waals surface area contributed by atoms with Gasteiger partial charge in [0.15, 0.2) is 0 Å². The summed E-state index contributed by atoms with van der Waals surface area (Å²) in [4.78, 5) is 7.16. The van der Waals surface area contributed by atoms with E-state index in [9.17, 15) is 0 Å². The molecule has 0 aliphatic carbocycles. The van der Waals surface area contributed by atoms with Crippen LogP contribution in [-0.4, -0.2) is 41.6 Å². The minimum Gasteiger partial charge on any atom is -0.311 e. The highest BCUT2D eigenvalue weighted by molar-refractivity contribution is 7.09. The summed E-state index contributed by atoms with van der Waals surface area (Å²) in [5, 5.41) is 7.02. The van der Waals surface area contributed by atoms with Crippen LogP contribution in [0.3, 0.4) is 0 Å². The number of aromatic nitrogens is 1. The third-order valence-corrected chi connectivity index (χ3v) is 4.68. The first kappa shape index (κ1) is 14.0. The Kier molecular flexibility index (Phi) is 4.76. The molecule has 1 saturated heterocycles. The summed E-state index contributed by atoms with van der Waals surface area (Å²) in [5.41, 5.74) is 1.25. The molecule has 2 atom stereocenters. The van der Waals surface area contributed by atoms with Crippen LogP contribution in [-0.2, 0) is 6.42 Å². The number of rotatable bonds is 4. The molecule has 3 nitrogen and oxygen atoms in total. The van der Waals surface area contributed by atoms with Gasteiger partial charge in [0.25, 0.3) is 0 Å². The lowest BCUT2D eigenvalue weighted by Gasteiger charge is -2.40. The summed E-state index contributed by atoms with van der Waals surface area (Å²) in [6, 6.07) is 1.28. The molecule has 2 unspecified atom stereocenters. The average molecular weight is 267 g/mol. The third-order valence-electron chi connectivity index (χ3n) is 3.86. The van der Waals surface area contributed by atoms with Gasteiger partial charge in [-0.1, -0.05) is 13.8 Å². The lowest BCUT2D eigenvalue weighted by Crippen LogP contribution is -2.57. The first-order valence-corrected chi connectivity index (χ1v) is 7.82. The smallest absolute Gasteiger partial charge is 0.0897 e. The second-order valence-corrected chi connectivity index (χ2v) is 6.77. The predicted octanol–water partition coefficient (Wildman–Crippen LogP) is 2.31. The first-order valence-electron chi connectivity index (χ1n) is 6.94. The van der Waals surface area contributed by atoms with E-state index in [1.165, 1.54) is 17.2 Å². The van der Waals surface area contributed by atoms with Crippen LogP contribution in [0.25, 0.3) is 0 Å². The normalized spacial score (nSPS) is 25.8. The zero-order chi connectivity index (χ0) is 13.1. The van der Waals surface area contributed by atoms with Gasteiger partial charge in [0.2, 0.25) is 0 Å². The maximum absolute atomic E-state index is 4.55. The molecular weight excluding hydrogens is 242 g/mol. The van der Waals surface area contributed by atoms with Crippen molar-refractivity contribution in [2.24, 2.45) is 5.92 Å². The van der Waals surface area contributed by atoms with Crippen LogP contribution >= 0.6 is 11.3 Å². The van der Waals surface area contributed by atoms with E-state index in [2.05, 4.69) is 48.3 Å². The topological polar surface area (TPSA) is 28.2 Å². The molecule has 18 heavy (non-hydrogen) atoms. The first-order chi connectivity index (χ1) is 8.56. The number of piperazine rings is 1. The van der Waals surface area contributed by atoms with E-state index in [0.717, 1.165) is 19.5 Å². The highest BCUT2D eigenvalue weighted by Gasteiger charge is 2.26. The molecule has 102 valence electrons. The van der Waals surface area contributed by atoms with E-state index in [4.69, 9.17) is 0 Å². The molecule has 1 fully saturated rings. The summed E-state index contributed by atoms with van der Waals surface area (Å²) in [6.07, 6.45) is 1.08. The van der Waals surface area contributed by atoms with Crippen molar-refractivity contribution in [3.63, 3.8) is 0 Å². The Balaban J connectivity index is 1.86. The maximum Gasteiger partial charge on any atom is 0.0897 e. The van der Waals surface area contributed by atoms with Gasteiger partial charge in [-0.2, -0.15) is 0 Å². The van der Waals surface area contributed by atoms with Crippen LogP contribution in [0.2, 0.25) is 0 Å². The fourth-order valence-electron chi connectivity index (χ4n) is 2.49. The van der Waals surface area contributed by atoms with Crippen molar-refractivity contribution in [3.05, 3.63) is 16.1 Å². The monoisotopic (exact) mass is 267 g/mol. The Bertz CT molecular complexity index is 375. The molecule has 1 aromatic rings. The second-order valence-electron chi connectivity index (χ2n) is 5.71. The lowest BCUT2D eigenvalue weighted by atomic mass is 9.99. The molecule has 0 amide bonds. The number of aryl methyl sites for hydroxylation is 1. The van der Waals surface area contributed by atoms with Crippen molar-refractivity contribution in [1.82, 2.24) is 15.2 Å². The standard InChI is InChI=1S/C14H25N3S/c1-10(2)14-8-17(11(3)7-15-14)6-5-13-9-18-12(4)16-13/h9-11,14-15H,5-8H2,1-4H3. The van der Waals surface area contributed by atoms with Crippen LogP contribution < -0.4 is 5.32 Å². The Morgan fingerprint density at radius 2 is 2.33 bits per heavy atom. The van der Waals surface area contributed by atoms with Crippen LogP contribution in [0.4, 0.5) is 0 Å². The molecule has 2 rings (SSSR count). The minimum absolute atomic E-state index is 0.637. The Morgan fingerprint density at radius 1 is 1.56 bits per heavy atom. The van der Waals surface area contributed by atoms with Gasteiger partial charge in [-0.15, -0.1) is 11.3 Å². The molecule has 1 aliphatic rings. The number of hydrogen-bond donors (Lipinski definition) is 1. The van der Waals surface area contributed by atoms with E-state index < -0.39 is 0 Å². The molecule has 0 aromatic carbocycles. The summed E-state index contributed by atoms with van der Waals surface area (Å²) >= 11 is 1.76. The summed E-state index contributed by atoms with van der Waals surface area (Å²) < 4.78 is 0. The van der Waals surface area contributed by atoms with E-state index in [-0.39, 0.29) is 0 Å². The van der Waals surface area contributed by atoms with Crippen LogP contribution in [0, 0.1) is 12.8 Å². The maximum atomic E-state index is 4.55. The second kappa shape index (κ2) is 6.13. The van der Waals surface area contributed by atoms with Gasteiger partial charge < -0.3 is 5.32 Å². The molecular formula is C14H25N3S. The number of hydrogen-bond acceptors (Lipinski definition) is 4. The van der Waals surface area contributed by atoms with Gasteiger partial charge in [0.05, 0.1) is 10.7 Å². The van der Waals surface area contributed by atoms with Gasteiger partial charge in [0, 0.05) is 43.5 Å². The number of thiazole rings is 1. The lowest BCUT2D eigenvalue weighted by molar-refractivity contribution is 0.124. The number of nitrogens with one attached hydrogen (secondary N) is 1. The highest BCUT2D eigenvalue weighted by Crippen LogP contribution is 2.14. The van der Waals surface area contributed by atoms with Crippen molar-refractivity contribution in [2.45, 2.75) is 46.2 Å². The summed E-state index contributed by atoms with van der Waals surface area (Å²) in [6.45, 7) is 12.4. The molecule has 2 heterocycles. The average Bonchev–Trinajstić information content (AvgIpc) is 2.74. The number of nitrogens with zero attached hydrogens (tertiary/aromatic N) is 2. The molecule has 1 aromatic heterocycles. The zero-order valence-electron chi connectivity index (χ0n) is 11.9. The Labute approximate surface area is 115 Å². The van der Waals surface area contributed by atoms with Gasteiger partial charge >= 0.3 is 0 Å². The fraction of sp³-hybridized carbons (Fsp3) is 0.786. The molecule has 0 spiro atoms. The molecule has 0 bridgehead atoms. The Hall–Kier alpha value is -0.450. The van der Waals surface area contributed by atoms with Crippen molar-refractivity contribution in [1.29, 1.82) is 0 Å². The largest absolute Gasteiger partial charge is 0.311 e. The van der Waals surface area contributed by atoms with Crippen molar-refractivity contribution < 1.29 is 0 Å². The van der Waals surface area contributed by atoms with Crippen molar-refractivity contribution in [3.8, 4) is 0 Å². The fourth-order valence-corrected chi connectivity index (χ4v) is 3.13. The predicted molar refractivity (Wildman–Crippen MR) is 78.2 cm³/mol. The third kappa shape index (κ3) is 3.53. The quantitative estimate of drug-likeness (QED) is 0.907. The van der Waals surface area contributed by atoms with Crippen molar-refractivity contribution in [2.75, 3.05) is 19.6 Å². The van der Waals surface area contributed by atoms with Gasteiger partial charge in [0.1, 0.15) is 0 Å². The van der Waals surface area contributed by atoms with E-state index in [0.29, 0.717) is 18.0 Å². The minimum atomic E-state index is 0.637. The van der Waals surface area contributed by atoms with Crippen molar-refractivity contribution >= 4 is 11.3 Å². The molecule has 4 heteroatoms. The molecule has 0 saturated carbocycles. The van der Waals surface area contributed by atoms with E-state index in [1.54, 1.807) is 11.3 Å². The van der Waals surface area contributed by atoms with Crippen LogP contribution in [0.5, 0.6) is 0 Å². The molecule has 1 N–H and O–H groups in total. The van der Waals surface area contributed by atoms with Gasteiger partial charge in [-0.3, -0.25) is 4.90 Å². The van der Waals surface area contributed by atoms with Gasteiger partial charge in [-0.25, -0.2) is 4.98 Å². The summed E-state index contributed by atoms with van der Waals surface area (Å²) in [5.74, 6) is 0.710. The SMILES string of the molecule is Cc1nc(CCN2CC(C(C)C)NCC2C)cs1. The Morgan fingerprint density at radius 3 is 2.94 bits per heavy atom. The van der Waals surface area contributed by atoms with Gasteiger partial charge in [-0.05, 0) is 19.8 Å².